The molecule has 0 unspecified atom stereocenters. The van der Waals surface area contributed by atoms with Crippen LogP contribution in [0.2, 0.25) is 0 Å². The maximum absolute atomic E-state index is 11.6. The molecule has 3 aliphatic heterocycles. The number of hydrogen-bond donors (Lipinski definition) is 4. The van der Waals surface area contributed by atoms with Crippen LogP contribution in [0.5, 0.6) is 17.2 Å². The number of benzene rings is 9. The van der Waals surface area contributed by atoms with Gasteiger partial charge in [-0.25, -0.2) is 0 Å². The Bertz CT molecular complexity index is 4470. The number of allylic oxidation sites excluding steroid dienone is 3. The van der Waals surface area contributed by atoms with Crippen molar-refractivity contribution in [2.75, 3.05) is 89.6 Å². The van der Waals surface area contributed by atoms with Crippen LogP contribution in [-0.2, 0) is 20.2 Å². The summed E-state index contributed by atoms with van der Waals surface area (Å²) in [6, 6.07) is 81.7. The van der Waals surface area contributed by atoms with Crippen molar-refractivity contribution >= 4 is 59.4 Å². The van der Waals surface area contributed by atoms with Crippen molar-refractivity contribution in [1.82, 2.24) is 14.7 Å². The SMILES string of the molecule is CC(C)N1CCC(c2ccc(/C(=C(/CCCO)c3ccccc3)c3ccc(OS(C)(=O)=O)cc3)cc2)CC1.CC(C)N1CCN(c2ccc(/C(=C(/CCCO)c3ccccc3)c3ccc(OS(C)(=O)=O)cc3)cc2)CC1.OCCC/C(=C(/c1ccc(C2CCN(C3CC3)CC2)cc1)c1cccc(O)c1)c1ccccc1. The lowest BCUT2D eigenvalue weighted by Gasteiger charge is -2.38. The summed E-state index contributed by atoms with van der Waals surface area (Å²) in [5.74, 6) is 2.05. The minimum absolute atomic E-state index is 0.103. The summed E-state index contributed by atoms with van der Waals surface area (Å²) in [5, 5.41) is 39.2. The number of rotatable bonds is 28. The zero-order chi connectivity index (χ0) is 77.6. The van der Waals surface area contributed by atoms with Gasteiger partial charge in [0.2, 0.25) is 0 Å². The molecule has 4 fully saturated rings. The normalized spacial score (nSPS) is 16.4. The van der Waals surface area contributed by atoms with Crippen LogP contribution in [0.1, 0.15) is 178 Å². The Balaban J connectivity index is 0.000000164. The van der Waals surface area contributed by atoms with Crippen molar-refractivity contribution in [3.8, 4) is 17.2 Å². The Labute approximate surface area is 655 Å². The molecule has 3 saturated heterocycles. The lowest BCUT2D eigenvalue weighted by molar-refractivity contribution is 0.172. The highest BCUT2D eigenvalue weighted by molar-refractivity contribution is 7.86. The van der Waals surface area contributed by atoms with E-state index in [0.29, 0.717) is 56.0 Å². The number of piperidine rings is 2. The van der Waals surface area contributed by atoms with Gasteiger partial charge in [0.15, 0.2) is 0 Å². The summed E-state index contributed by atoms with van der Waals surface area (Å²) >= 11 is 0. The predicted octanol–water partition coefficient (Wildman–Crippen LogP) is 18.1. The molecular weight excluding hydrogens is 1410 g/mol. The van der Waals surface area contributed by atoms with E-state index >= 15 is 0 Å². The van der Waals surface area contributed by atoms with E-state index in [2.05, 4.69) is 175 Å². The van der Waals surface area contributed by atoms with Crippen molar-refractivity contribution in [2.24, 2.45) is 0 Å². The van der Waals surface area contributed by atoms with Gasteiger partial charge in [0.1, 0.15) is 17.2 Å². The minimum atomic E-state index is -3.61. The Morgan fingerprint density at radius 2 is 0.700 bits per heavy atom. The summed E-state index contributed by atoms with van der Waals surface area (Å²) in [6.07, 6.45) is 13.9. The van der Waals surface area contributed by atoms with Gasteiger partial charge in [0.25, 0.3) is 0 Å². The average Bonchev–Trinajstić information content (AvgIpc) is 1.52. The summed E-state index contributed by atoms with van der Waals surface area (Å²) < 4.78 is 56.6. The molecule has 9 aromatic rings. The molecule has 0 spiro atoms. The third-order valence-electron chi connectivity index (χ3n) is 21.7. The van der Waals surface area contributed by atoms with E-state index in [9.17, 15) is 37.3 Å². The molecular formula is C94H112N4O10S2. The largest absolute Gasteiger partial charge is 0.508 e. The maximum atomic E-state index is 11.6. The highest BCUT2D eigenvalue weighted by atomic mass is 32.2. The predicted molar refractivity (Wildman–Crippen MR) is 451 cm³/mol. The summed E-state index contributed by atoms with van der Waals surface area (Å²) in [7, 11) is -7.21. The molecule has 3 heterocycles. The van der Waals surface area contributed by atoms with E-state index < -0.39 is 20.2 Å². The van der Waals surface area contributed by atoms with Gasteiger partial charge in [-0.15, -0.1) is 0 Å². The molecule has 0 bridgehead atoms. The zero-order valence-corrected chi connectivity index (χ0v) is 66.6. The molecule has 4 N–H and O–H groups in total. The lowest BCUT2D eigenvalue weighted by atomic mass is 9.85. The van der Waals surface area contributed by atoms with Crippen LogP contribution in [0.4, 0.5) is 5.69 Å². The van der Waals surface area contributed by atoms with Gasteiger partial charge in [0.05, 0.1) is 12.5 Å². The minimum Gasteiger partial charge on any atom is -0.508 e. The van der Waals surface area contributed by atoms with E-state index in [-0.39, 0.29) is 37.1 Å². The first-order valence-electron chi connectivity index (χ1n) is 39.5. The number of phenols is 1. The number of phenolic OH excluding ortho intramolecular Hbond substituents is 1. The van der Waals surface area contributed by atoms with Gasteiger partial charge < -0.3 is 43.5 Å². The van der Waals surface area contributed by atoms with Crippen LogP contribution in [-0.4, -0.2) is 155 Å². The Kier molecular flexibility index (Phi) is 29.7. The highest BCUT2D eigenvalue weighted by Gasteiger charge is 2.33. The topological polar surface area (TPSA) is 181 Å². The molecule has 14 nitrogen and oxygen atoms in total. The quantitative estimate of drug-likeness (QED) is 0.0269. The average molecular weight is 1520 g/mol. The van der Waals surface area contributed by atoms with Gasteiger partial charge in [-0.3, -0.25) is 4.90 Å². The smallest absolute Gasteiger partial charge is 0.306 e. The van der Waals surface area contributed by atoms with Gasteiger partial charge in [-0.1, -0.05) is 188 Å². The Hall–Kier alpha value is -8.94. The second kappa shape index (κ2) is 39.8. The fourth-order valence-electron chi connectivity index (χ4n) is 15.8. The van der Waals surface area contributed by atoms with Crippen LogP contribution in [0.25, 0.3) is 33.4 Å². The molecule has 4 aliphatic rings. The molecule has 580 valence electrons. The Morgan fingerprint density at radius 3 is 1.04 bits per heavy atom. The summed E-state index contributed by atoms with van der Waals surface area (Å²) in [6.45, 7) is 18.3. The molecule has 0 aromatic heterocycles. The highest BCUT2D eigenvalue weighted by Crippen LogP contribution is 2.42. The molecule has 1 saturated carbocycles. The molecule has 16 heteroatoms. The number of aliphatic hydroxyl groups is 3. The van der Waals surface area contributed by atoms with Gasteiger partial charge in [0, 0.05) is 69.8 Å². The van der Waals surface area contributed by atoms with Gasteiger partial charge >= 0.3 is 20.2 Å². The number of aromatic hydroxyl groups is 1. The number of aliphatic hydroxyl groups excluding tert-OH is 3. The summed E-state index contributed by atoms with van der Waals surface area (Å²) in [5.41, 5.74) is 20.4. The summed E-state index contributed by atoms with van der Waals surface area (Å²) in [4.78, 5) is 10.2. The van der Waals surface area contributed by atoms with E-state index in [1.165, 1.54) is 74.0 Å². The van der Waals surface area contributed by atoms with E-state index in [1.54, 1.807) is 30.3 Å². The Morgan fingerprint density at radius 1 is 0.373 bits per heavy atom. The maximum Gasteiger partial charge on any atom is 0.306 e. The van der Waals surface area contributed by atoms with Crippen LogP contribution in [0, 0.1) is 0 Å². The second-order valence-electron chi connectivity index (χ2n) is 30.2. The first kappa shape index (κ1) is 82.0. The first-order valence-corrected chi connectivity index (χ1v) is 43.1. The number of hydrogen-bond acceptors (Lipinski definition) is 14. The third-order valence-corrected chi connectivity index (χ3v) is 22.7. The fraction of sp³-hybridized carbons (Fsp3) is 0.362. The second-order valence-corrected chi connectivity index (χ2v) is 33.3. The van der Waals surface area contributed by atoms with Crippen LogP contribution in [0.3, 0.4) is 0 Å². The number of nitrogens with zero attached hydrogens (tertiary/aromatic N) is 4. The zero-order valence-electron chi connectivity index (χ0n) is 65.0. The third kappa shape index (κ3) is 23.3. The van der Waals surface area contributed by atoms with E-state index in [1.807, 2.05) is 78.9 Å². The van der Waals surface area contributed by atoms with Crippen LogP contribution >= 0.6 is 0 Å². The number of piperazine rings is 1. The fourth-order valence-corrected chi connectivity index (χ4v) is 16.7. The molecule has 1 aliphatic carbocycles. The van der Waals surface area contributed by atoms with Crippen molar-refractivity contribution in [2.45, 2.75) is 135 Å². The van der Waals surface area contributed by atoms with E-state index in [0.717, 1.165) is 142 Å². The van der Waals surface area contributed by atoms with Gasteiger partial charge in [-0.05, 0) is 286 Å². The molecule has 110 heavy (non-hydrogen) atoms. The number of likely N-dealkylation sites (tertiary alicyclic amines) is 2. The monoisotopic (exact) mass is 1520 g/mol. The van der Waals surface area contributed by atoms with Crippen LogP contribution < -0.4 is 13.3 Å². The number of anilines is 1. The molecule has 0 amide bonds. The van der Waals surface area contributed by atoms with Crippen LogP contribution in [0.15, 0.2) is 237 Å². The van der Waals surface area contributed by atoms with Crippen molar-refractivity contribution in [1.29, 1.82) is 0 Å². The van der Waals surface area contributed by atoms with Crippen molar-refractivity contribution in [3.63, 3.8) is 0 Å². The van der Waals surface area contributed by atoms with Crippen molar-refractivity contribution < 1.29 is 45.6 Å². The van der Waals surface area contributed by atoms with E-state index in [4.69, 9.17) is 8.37 Å². The first-order chi connectivity index (χ1) is 53.2. The lowest BCUT2D eigenvalue weighted by Crippen LogP contribution is -2.48. The molecule has 0 radical (unpaired) electrons. The van der Waals surface area contributed by atoms with Gasteiger partial charge in [-0.2, -0.15) is 16.8 Å². The molecule has 13 rings (SSSR count). The van der Waals surface area contributed by atoms with Crippen molar-refractivity contribution in [3.05, 3.63) is 298 Å². The molecule has 9 aromatic carbocycles. The standard InChI is InChI=1S/C32H39NO4S.C31H38N2O4S.C31H35NO2/c1-24(2)33-21-19-26(20-22-33)25-11-13-28(14-12-25)32(29-15-17-30(18-16-29)37-38(3,35)36)31(10-7-23-34)27-8-5-4-6-9-27;1-24(2)32-19-21-33(22-20-32)28-15-11-26(12-16-28)31(27-13-17-29(18-14-27)37-38(3,35)36)30(10-7-23-34)25-8-5-4-6-9-25;33-21-5-10-30(25-6-2-1-3-7-25)31(27-8-4-9-29(34)22-27)26-13-11-23(12-14-26)24-17-19-32(20-18-24)28-15-16-28/h4-6,8-9,11-18,24,26,34H,7,10,19-23H2,1-3H3;4-6,8-9,11-18,24,34H,7,10,19-23H2,1-3H3;1-4,6-9,11-14,22,24,28,33-34H,5,10,15-21H2/b32-31+;2*31-30+. The molecule has 0 atom stereocenters.